The summed E-state index contributed by atoms with van der Waals surface area (Å²) in [6.45, 7) is 6.08. The van der Waals surface area contributed by atoms with Crippen LogP contribution in [0.2, 0.25) is 0 Å². The van der Waals surface area contributed by atoms with Gasteiger partial charge in [-0.15, -0.1) is 0 Å². The van der Waals surface area contributed by atoms with Gasteiger partial charge in [0.15, 0.2) is 5.82 Å². The maximum Gasteiger partial charge on any atom is 0.259 e. The molecule has 0 aliphatic carbocycles. The SMILES string of the molecule is CC(C)(C)n1cc(C(=O)Nc2cc(Br)[nH]n2)c2c(N)ncnc21. The van der Waals surface area contributed by atoms with E-state index in [0.717, 1.165) is 0 Å². The van der Waals surface area contributed by atoms with E-state index < -0.39 is 0 Å². The van der Waals surface area contributed by atoms with Gasteiger partial charge in [-0.05, 0) is 36.7 Å². The minimum atomic E-state index is -0.321. The number of halogens is 1. The van der Waals surface area contributed by atoms with Crippen LogP contribution in [0.25, 0.3) is 11.0 Å². The van der Waals surface area contributed by atoms with Crippen LogP contribution in [0.5, 0.6) is 0 Å². The lowest BCUT2D eigenvalue weighted by atomic mass is 10.1. The highest BCUT2D eigenvalue weighted by molar-refractivity contribution is 9.10. The molecular formula is C14H16BrN7O. The average Bonchev–Trinajstić information content (AvgIpc) is 3.03. The first kappa shape index (κ1) is 15.5. The molecule has 4 N–H and O–H groups in total. The monoisotopic (exact) mass is 377 g/mol. The van der Waals surface area contributed by atoms with Gasteiger partial charge >= 0.3 is 0 Å². The first-order chi connectivity index (χ1) is 10.8. The number of carbonyl (C=O) groups excluding carboxylic acids is 1. The van der Waals surface area contributed by atoms with Gasteiger partial charge in [-0.3, -0.25) is 9.89 Å². The normalized spacial score (nSPS) is 11.8. The minimum Gasteiger partial charge on any atom is -0.383 e. The summed E-state index contributed by atoms with van der Waals surface area (Å²) in [6, 6.07) is 1.67. The largest absolute Gasteiger partial charge is 0.383 e. The van der Waals surface area contributed by atoms with Crippen molar-refractivity contribution >= 4 is 44.5 Å². The fraction of sp³-hybridized carbons (Fsp3) is 0.286. The number of rotatable bonds is 2. The molecule has 0 spiro atoms. The molecule has 0 atom stereocenters. The second-order valence-electron chi connectivity index (χ2n) is 6.10. The Morgan fingerprint density at radius 1 is 1.39 bits per heavy atom. The van der Waals surface area contributed by atoms with Gasteiger partial charge in [-0.1, -0.05) is 0 Å². The van der Waals surface area contributed by atoms with E-state index in [0.29, 0.717) is 27.0 Å². The Hall–Kier alpha value is -2.42. The number of fused-ring (bicyclic) bond motifs is 1. The molecule has 0 unspecified atom stereocenters. The molecule has 120 valence electrons. The molecule has 0 aliphatic rings. The Bertz CT molecular complexity index is 890. The second-order valence-corrected chi connectivity index (χ2v) is 6.95. The van der Waals surface area contributed by atoms with Gasteiger partial charge in [0.05, 0.1) is 10.9 Å². The average molecular weight is 378 g/mol. The van der Waals surface area contributed by atoms with Crippen LogP contribution in [0, 0.1) is 0 Å². The number of aromatic nitrogens is 5. The maximum absolute atomic E-state index is 12.6. The van der Waals surface area contributed by atoms with Crippen LogP contribution < -0.4 is 11.1 Å². The van der Waals surface area contributed by atoms with Crippen LogP contribution in [-0.2, 0) is 5.54 Å². The highest BCUT2D eigenvalue weighted by Gasteiger charge is 2.24. The number of nitrogens with two attached hydrogens (primary N) is 1. The molecule has 0 bridgehead atoms. The number of nitrogen functional groups attached to an aromatic ring is 1. The molecule has 3 aromatic heterocycles. The topological polar surface area (TPSA) is 115 Å². The van der Waals surface area contributed by atoms with Crippen LogP contribution in [0.15, 0.2) is 23.2 Å². The fourth-order valence-electron chi connectivity index (χ4n) is 2.31. The highest BCUT2D eigenvalue weighted by atomic mass is 79.9. The Labute approximate surface area is 140 Å². The van der Waals surface area contributed by atoms with Crippen molar-refractivity contribution in [2.75, 3.05) is 11.1 Å². The van der Waals surface area contributed by atoms with Crippen molar-refractivity contribution < 1.29 is 4.79 Å². The molecule has 1 amide bonds. The lowest BCUT2D eigenvalue weighted by Crippen LogP contribution is -2.21. The van der Waals surface area contributed by atoms with Crippen molar-refractivity contribution in [2.45, 2.75) is 26.3 Å². The van der Waals surface area contributed by atoms with E-state index in [1.807, 2.05) is 25.3 Å². The predicted molar refractivity (Wildman–Crippen MR) is 91.2 cm³/mol. The molecule has 3 rings (SSSR count). The molecule has 23 heavy (non-hydrogen) atoms. The summed E-state index contributed by atoms with van der Waals surface area (Å²) in [5.74, 6) is 0.360. The van der Waals surface area contributed by atoms with E-state index in [1.165, 1.54) is 6.33 Å². The quantitative estimate of drug-likeness (QED) is 0.634. The van der Waals surface area contributed by atoms with Crippen molar-refractivity contribution in [3.8, 4) is 0 Å². The maximum atomic E-state index is 12.6. The molecule has 8 nitrogen and oxygen atoms in total. The summed E-state index contributed by atoms with van der Waals surface area (Å²) >= 11 is 3.25. The number of anilines is 2. The third-order valence-corrected chi connectivity index (χ3v) is 3.77. The Morgan fingerprint density at radius 2 is 2.13 bits per heavy atom. The Kier molecular flexibility index (Phi) is 3.59. The van der Waals surface area contributed by atoms with Gasteiger partial charge < -0.3 is 15.6 Å². The molecule has 0 radical (unpaired) electrons. The smallest absolute Gasteiger partial charge is 0.259 e. The van der Waals surface area contributed by atoms with E-state index in [9.17, 15) is 4.79 Å². The lowest BCUT2D eigenvalue weighted by molar-refractivity contribution is 0.102. The molecule has 0 fully saturated rings. The van der Waals surface area contributed by atoms with E-state index in [4.69, 9.17) is 5.73 Å². The van der Waals surface area contributed by atoms with Gasteiger partial charge in [-0.2, -0.15) is 5.10 Å². The zero-order valence-corrected chi connectivity index (χ0v) is 14.5. The summed E-state index contributed by atoms with van der Waals surface area (Å²) in [4.78, 5) is 20.9. The van der Waals surface area contributed by atoms with Crippen molar-refractivity contribution in [3.05, 3.63) is 28.8 Å². The lowest BCUT2D eigenvalue weighted by Gasteiger charge is -2.21. The van der Waals surface area contributed by atoms with Gasteiger partial charge in [0.25, 0.3) is 5.91 Å². The molecule has 0 aromatic carbocycles. The fourth-order valence-corrected chi connectivity index (χ4v) is 2.62. The zero-order valence-electron chi connectivity index (χ0n) is 12.9. The standard InChI is InChI=1S/C14H16BrN7O/c1-14(2,3)22-5-7(10-11(16)17-6-18-12(10)22)13(23)19-9-4-8(15)20-21-9/h4-6H,1-3H3,(H2,16,17,18)(H2,19,20,21,23). The van der Waals surface area contributed by atoms with E-state index in [2.05, 4.69) is 41.4 Å². The molecule has 0 aliphatic heterocycles. The molecule has 9 heteroatoms. The van der Waals surface area contributed by atoms with Crippen molar-refractivity contribution in [2.24, 2.45) is 0 Å². The van der Waals surface area contributed by atoms with Gasteiger partial charge in [0, 0.05) is 17.8 Å². The van der Waals surface area contributed by atoms with Gasteiger partial charge in [0.2, 0.25) is 0 Å². The molecule has 3 heterocycles. The number of hydrogen-bond donors (Lipinski definition) is 3. The number of hydrogen-bond acceptors (Lipinski definition) is 5. The second kappa shape index (κ2) is 5.34. The number of aromatic amines is 1. The van der Waals surface area contributed by atoms with E-state index >= 15 is 0 Å². The van der Waals surface area contributed by atoms with E-state index in [-0.39, 0.29) is 17.3 Å². The van der Waals surface area contributed by atoms with Crippen LogP contribution >= 0.6 is 15.9 Å². The molecule has 3 aromatic rings. The Morgan fingerprint density at radius 3 is 2.74 bits per heavy atom. The third-order valence-electron chi connectivity index (χ3n) is 3.37. The molecule has 0 saturated heterocycles. The zero-order chi connectivity index (χ0) is 16.8. The number of nitrogens with zero attached hydrogens (tertiary/aromatic N) is 4. The van der Waals surface area contributed by atoms with Gasteiger partial charge in [0.1, 0.15) is 22.4 Å². The van der Waals surface area contributed by atoms with Crippen molar-refractivity contribution in [3.63, 3.8) is 0 Å². The van der Waals surface area contributed by atoms with Crippen LogP contribution in [0.4, 0.5) is 11.6 Å². The first-order valence-corrected chi connectivity index (χ1v) is 7.71. The summed E-state index contributed by atoms with van der Waals surface area (Å²) in [5, 5.41) is 9.93. The van der Waals surface area contributed by atoms with Crippen LogP contribution in [0.3, 0.4) is 0 Å². The Balaban J connectivity index is 2.11. The molecule has 0 saturated carbocycles. The van der Waals surface area contributed by atoms with Crippen molar-refractivity contribution in [1.29, 1.82) is 0 Å². The highest BCUT2D eigenvalue weighted by Crippen LogP contribution is 2.29. The van der Waals surface area contributed by atoms with Gasteiger partial charge in [-0.25, -0.2) is 9.97 Å². The summed E-state index contributed by atoms with van der Waals surface area (Å²) in [7, 11) is 0. The number of carbonyl (C=O) groups is 1. The summed E-state index contributed by atoms with van der Waals surface area (Å²) < 4.78 is 2.59. The predicted octanol–water partition coefficient (Wildman–Crippen LogP) is 2.51. The first-order valence-electron chi connectivity index (χ1n) is 6.91. The third kappa shape index (κ3) is 2.79. The minimum absolute atomic E-state index is 0.257. The molecular weight excluding hydrogens is 362 g/mol. The number of H-pyrrole nitrogens is 1. The number of amides is 1. The van der Waals surface area contributed by atoms with Crippen LogP contribution in [0.1, 0.15) is 31.1 Å². The number of nitrogens with one attached hydrogen (secondary N) is 2. The van der Waals surface area contributed by atoms with Crippen LogP contribution in [-0.4, -0.2) is 30.6 Å². The summed E-state index contributed by atoms with van der Waals surface area (Å²) in [5.41, 5.74) is 6.75. The summed E-state index contributed by atoms with van der Waals surface area (Å²) in [6.07, 6.45) is 3.14. The van der Waals surface area contributed by atoms with Crippen molar-refractivity contribution in [1.82, 2.24) is 24.7 Å². The van der Waals surface area contributed by atoms with E-state index in [1.54, 1.807) is 12.3 Å².